The number of nitrogens with one attached hydrogen (secondary N) is 1. The van der Waals surface area contributed by atoms with Crippen molar-refractivity contribution < 1.29 is 4.74 Å². The Bertz CT molecular complexity index is 406. The van der Waals surface area contributed by atoms with Crippen LogP contribution in [0.15, 0.2) is 24.3 Å². The number of hydrogen-bond acceptors (Lipinski definition) is 3. The summed E-state index contributed by atoms with van der Waals surface area (Å²) in [5.41, 5.74) is 1.29. The third-order valence-electron chi connectivity index (χ3n) is 3.98. The highest BCUT2D eigenvalue weighted by molar-refractivity contribution is 5.30. The lowest BCUT2D eigenvalue weighted by molar-refractivity contribution is 0.206. The predicted octanol–water partition coefficient (Wildman–Crippen LogP) is 3.71. The van der Waals surface area contributed by atoms with Crippen molar-refractivity contribution in [2.75, 3.05) is 27.2 Å². The van der Waals surface area contributed by atoms with E-state index in [4.69, 9.17) is 4.74 Å². The second-order valence-electron chi connectivity index (χ2n) is 6.31. The van der Waals surface area contributed by atoms with Crippen LogP contribution in [0.4, 0.5) is 0 Å². The highest BCUT2D eigenvalue weighted by atomic mass is 16.5. The maximum absolute atomic E-state index is 5.35. The number of likely N-dealkylation sites (N-methyl/N-ethyl adjacent to an activating group) is 2. The van der Waals surface area contributed by atoms with E-state index in [1.807, 2.05) is 6.07 Å². The average molecular weight is 292 g/mol. The first-order valence-electron chi connectivity index (χ1n) is 8.05. The molecule has 3 heteroatoms. The first-order chi connectivity index (χ1) is 9.97. The zero-order valence-electron chi connectivity index (χ0n) is 14.5. The van der Waals surface area contributed by atoms with Gasteiger partial charge in [0.1, 0.15) is 5.75 Å². The zero-order chi connectivity index (χ0) is 15.8. The van der Waals surface area contributed by atoms with E-state index in [0.717, 1.165) is 24.8 Å². The van der Waals surface area contributed by atoms with E-state index < -0.39 is 0 Å². The molecule has 3 nitrogen and oxygen atoms in total. The van der Waals surface area contributed by atoms with Gasteiger partial charge in [0.05, 0.1) is 7.11 Å². The molecular formula is C18H32N2O. The second-order valence-corrected chi connectivity index (χ2v) is 6.31. The summed E-state index contributed by atoms with van der Waals surface area (Å²) < 4.78 is 5.35. The smallest absolute Gasteiger partial charge is 0.119 e. The topological polar surface area (TPSA) is 24.5 Å². The molecule has 0 saturated heterocycles. The Morgan fingerprint density at radius 1 is 1.24 bits per heavy atom. The van der Waals surface area contributed by atoms with Gasteiger partial charge in [0.25, 0.3) is 0 Å². The van der Waals surface area contributed by atoms with Crippen LogP contribution in [-0.2, 0) is 0 Å². The van der Waals surface area contributed by atoms with E-state index in [9.17, 15) is 0 Å². The van der Waals surface area contributed by atoms with Gasteiger partial charge < -0.3 is 15.0 Å². The number of nitrogens with zero attached hydrogens (tertiary/aromatic N) is 1. The van der Waals surface area contributed by atoms with Gasteiger partial charge in [0.15, 0.2) is 0 Å². The van der Waals surface area contributed by atoms with Crippen LogP contribution in [0, 0.1) is 5.92 Å². The van der Waals surface area contributed by atoms with Crippen molar-refractivity contribution >= 4 is 0 Å². The molecule has 120 valence electrons. The Kier molecular flexibility index (Phi) is 7.76. The maximum Gasteiger partial charge on any atom is 0.119 e. The minimum atomic E-state index is 0.338. The highest BCUT2D eigenvalue weighted by Crippen LogP contribution is 2.21. The molecule has 0 bridgehead atoms. The molecule has 1 rings (SSSR count). The fourth-order valence-electron chi connectivity index (χ4n) is 2.72. The van der Waals surface area contributed by atoms with Gasteiger partial charge in [-0.05, 0) is 50.6 Å². The monoisotopic (exact) mass is 292 g/mol. The van der Waals surface area contributed by atoms with E-state index in [0.29, 0.717) is 12.1 Å². The summed E-state index contributed by atoms with van der Waals surface area (Å²) in [6.07, 6.45) is 1.23. The molecule has 2 unspecified atom stereocenters. The first-order valence-corrected chi connectivity index (χ1v) is 8.05. The fourth-order valence-corrected chi connectivity index (χ4v) is 2.72. The van der Waals surface area contributed by atoms with Crippen LogP contribution in [0.25, 0.3) is 0 Å². The first kappa shape index (κ1) is 18.0. The van der Waals surface area contributed by atoms with E-state index in [1.165, 1.54) is 12.0 Å². The number of methoxy groups -OCH3 is 1. The number of ether oxygens (including phenoxy) is 1. The summed E-state index contributed by atoms with van der Waals surface area (Å²) in [6.45, 7) is 11.0. The lowest BCUT2D eigenvalue weighted by Crippen LogP contribution is -2.38. The molecule has 0 aliphatic heterocycles. The molecule has 0 aromatic heterocycles. The van der Waals surface area contributed by atoms with Crippen LogP contribution in [0.2, 0.25) is 0 Å². The molecule has 0 aliphatic carbocycles. The van der Waals surface area contributed by atoms with Crippen molar-refractivity contribution in [3.63, 3.8) is 0 Å². The van der Waals surface area contributed by atoms with E-state index in [-0.39, 0.29) is 0 Å². The summed E-state index contributed by atoms with van der Waals surface area (Å²) in [5, 5.41) is 3.59. The van der Waals surface area contributed by atoms with Crippen molar-refractivity contribution in [3.05, 3.63) is 29.8 Å². The summed E-state index contributed by atoms with van der Waals surface area (Å²) in [7, 11) is 3.94. The van der Waals surface area contributed by atoms with Gasteiger partial charge in [-0.25, -0.2) is 0 Å². The molecule has 2 atom stereocenters. The summed E-state index contributed by atoms with van der Waals surface area (Å²) in [5.74, 6) is 1.66. The fraction of sp³-hybridized carbons (Fsp3) is 0.667. The van der Waals surface area contributed by atoms with Gasteiger partial charge in [-0.2, -0.15) is 0 Å². The normalized spacial score (nSPS) is 14.5. The summed E-state index contributed by atoms with van der Waals surface area (Å²) >= 11 is 0. The van der Waals surface area contributed by atoms with Crippen LogP contribution in [0.1, 0.15) is 45.7 Å². The Morgan fingerprint density at radius 3 is 2.52 bits per heavy atom. The molecule has 1 N–H and O–H groups in total. The minimum Gasteiger partial charge on any atom is -0.497 e. The largest absolute Gasteiger partial charge is 0.497 e. The van der Waals surface area contributed by atoms with Gasteiger partial charge in [0, 0.05) is 18.6 Å². The molecule has 0 amide bonds. The van der Waals surface area contributed by atoms with E-state index >= 15 is 0 Å². The Balaban J connectivity index is 2.76. The van der Waals surface area contributed by atoms with Crippen molar-refractivity contribution in [2.24, 2.45) is 5.92 Å². The van der Waals surface area contributed by atoms with Crippen molar-refractivity contribution in [1.29, 1.82) is 0 Å². The molecule has 21 heavy (non-hydrogen) atoms. The maximum atomic E-state index is 5.35. The standard InChI is InChI=1S/C18H32N2O/c1-7-19-18(13-20(5)15(4)11-14(2)3)16-9-8-10-17(12-16)21-6/h8-10,12,14-15,18-19H,7,11,13H2,1-6H3. The van der Waals surface area contributed by atoms with Crippen LogP contribution in [0.3, 0.4) is 0 Å². The van der Waals surface area contributed by atoms with Crippen molar-refractivity contribution in [2.45, 2.75) is 46.2 Å². The SMILES string of the molecule is CCNC(CN(C)C(C)CC(C)C)c1cccc(OC)c1. The third kappa shape index (κ3) is 6.06. The van der Waals surface area contributed by atoms with Crippen LogP contribution < -0.4 is 10.1 Å². The molecule has 1 aromatic rings. The highest BCUT2D eigenvalue weighted by Gasteiger charge is 2.17. The molecular weight excluding hydrogens is 260 g/mol. The molecule has 0 spiro atoms. The molecule has 0 fully saturated rings. The van der Waals surface area contributed by atoms with Gasteiger partial charge in [0.2, 0.25) is 0 Å². The Morgan fingerprint density at radius 2 is 1.95 bits per heavy atom. The van der Waals surface area contributed by atoms with E-state index in [2.05, 4.69) is 63.2 Å². The second kappa shape index (κ2) is 9.06. The molecule has 0 saturated carbocycles. The zero-order valence-corrected chi connectivity index (χ0v) is 14.5. The number of rotatable bonds is 9. The minimum absolute atomic E-state index is 0.338. The number of benzene rings is 1. The number of hydrogen-bond donors (Lipinski definition) is 1. The predicted molar refractivity (Wildman–Crippen MR) is 91.0 cm³/mol. The molecule has 0 heterocycles. The molecule has 0 aliphatic rings. The molecule has 0 radical (unpaired) electrons. The van der Waals surface area contributed by atoms with E-state index in [1.54, 1.807) is 7.11 Å². The van der Waals surface area contributed by atoms with Crippen LogP contribution >= 0.6 is 0 Å². The van der Waals surface area contributed by atoms with Gasteiger partial charge >= 0.3 is 0 Å². The summed E-state index contributed by atoms with van der Waals surface area (Å²) in [4.78, 5) is 2.45. The Hall–Kier alpha value is -1.06. The van der Waals surface area contributed by atoms with Crippen LogP contribution in [-0.4, -0.2) is 38.2 Å². The van der Waals surface area contributed by atoms with Gasteiger partial charge in [-0.3, -0.25) is 0 Å². The lowest BCUT2D eigenvalue weighted by Gasteiger charge is -2.30. The Labute approximate surface area is 130 Å². The van der Waals surface area contributed by atoms with Crippen molar-refractivity contribution in [3.8, 4) is 5.75 Å². The average Bonchev–Trinajstić information content (AvgIpc) is 2.46. The lowest BCUT2D eigenvalue weighted by atomic mass is 10.0. The van der Waals surface area contributed by atoms with Gasteiger partial charge in [-0.1, -0.05) is 32.9 Å². The van der Waals surface area contributed by atoms with Gasteiger partial charge in [-0.15, -0.1) is 0 Å². The summed E-state index contributed by atoms with van der Waals surface area (Å²) in [6, 6.07) is 9.31. The third-order valence-corrected chi connectivity index (χ3v) is 3.98. The molecule has 1 aromatic carbocycles. The van der Waals surface area contributed by atoms with Crippen molar-refractivity contribution in [1.82, 2.24) is 10.2 Å². The quantitative estimate of drug-likeness (QED) is 0.751. The van der Waals surface area contributed by atoms with Crippen LogP contribution in [0.5, 0.6) is 5.75 Å².